The third kappa shape index (κ3) is 6.69. The highest BCUT2D eigenvalue weighted by molar-refractivity contribution is 5.95. The first-order valence-corrected chi connectivity index (χ1v) is 17.5. The van der Waals surface area contributed by atoms with Crippen LogP contribution in [0.25, 0.3) is 0 Å². The fourth-order valence-corrected chi connectivity index (χ4v) is 8.33. The van der Waals surface area contributed by atoms with Crippen LogP contribution in [0.3, 0.4) is 0 Å². The number of carbonyl (C=O) groups excluding carboxylic acids is 3. The van der Waals surface area contributed by atoms with Crippen molar-refractivity contribution in [3.8, 4) is 6.07 Å². The average Bonchev–Trinajstić information content (AvgIpc) is 3.82. The van der Waals surface area contributed by atoms with E-state index in [0.717, 1.165) is 54.4 Å². The van der Waals surface area contributed by atoms with Gasteiger partial charge in [0.25, 0.3) is 11.8 Å². The molecule has 1 unspecified atom stereocenters. The number of amides is 3. The number of nitriles is 1. The Kier molecular flexibility index (Phi) is 10.1. The van der Waals surface area contributed by atoms with E-state index in [-0.39, 0.29) is 36.3 Å². The molecule has 1 saturated heterocycles. The Morgan fingerprint density at radius 3 is 2.08 bits per heavy atom. The molecule has 1 aromatic heterocycles. The zero-order chi connectivity index (χ0) is 34.7. The summed E-state index contributed by atoms with van der Waals surface area (Å²) in [6, 6.07) is 13.7. The van der Waals surface area contributed by atoms with E-state index in [0.29, 0.717) is 55.1 Å². The number of nitrogens with zero attached hydrogens (tertiary/aromatic N) is 7. The molecule has 2 aliphatic carbocycles. The lowest BCUT2D eigenvalue weighted by Gasteiger charge is -2.41. The van der Waals surface area contributed by atoms with Crippen molar-refractivity contribution in [2.45, 2.75) is 81.7 Å². The van der Waals surface area contributed by atoms with Gasteiger partial charge in [0.2, 0.25) is 5.91 Å². The van der Waals surface area contributed by atoms with E-state index >= 15 is 0 Å². The van der Waals surface area contributed by atoms with Crippen LogP contribution in [0.15, 0.2) is 36.4 Å². The van der Waals surface area contributed by atoms with Gasteiger partial charge in [0, 0.05) is 51.9 Å². The molecule has 3 aliphatic rings. The van der Waals surface area contributed by atoms with Crippen molar-refractivity contribution in [3.63, 3.8) is 0 Å². The van der Waals surface area contributed by atoms with Gasteiger partial charge in [-0.1, -0.05) is 31.4 Å². The second-order valence-corrected chi connectivity index (χ2v) is 14.3. The lowest BCUT2D eigenvalue weighted by atomic mass is 9.65. The smallest absolute Gasteiger partial charge is 0.253 e. The zero-order valence-corrected chi connectivity index (χ0v) is 29.0. The first kappa shape index (κ1) is 34.2. The third-order valence-electron chi connectivity index (χ3n) is 10.8. The number of fused-ring (bicyclic) bond motifs is 2. The third-order valence-corrected chi connectivity index (χ3v) is 10.8. The highest BCUT2D eigenvalue weighted by Gasteiger charge is 2.47. The predicted molar refractivity (Wildman–Crippen MR) is 184 cm³/mol. The van der Waals surface area contributed by atoms with Gasteiger partial charge in [0.05, 0.1) is 18.0 Å². The number of nitrogens with one attached hydrogen (secondary N) is 2. The highest BCUT2D eigenvalue weighted by Crippen LogP contribution is 2.48. The molecule has 3 aromatic rings. The summed E-state index contributed by atoms with van der Waals surface area (Å²) in [6.07, 6.45) is 8.90. The fraction of sp³-hybridized carbons (Fsp3) is 0.541. The van der Waals surface area contributed by atoms with E-state index in [1.165, 1.54) is 6.42 Å². The molecule has 2 aromatic carbocycles. The molecular weight excluding hydrogens is 618 g/mol. The Hall–Kier alpha value is -4.63. The zero-order valence-electron chi connectivity index (χ0n) is 29.0. The maximum absolute atomic E-state index is 13.6. The Balaban J connectivity index is 1.50. The van der Waals surface area contributed by atoms with Crippen LogP contribution in [0.1, 0.15) is 100 Å². The summed E-state index contributed by atoms with van der Waals surface area (Å²) in [7, 11) is 7.00. The van der Waals surface area contributed by atoms with E-state index in [9.17, 15) is 19.6 Å². The number of rotatable bonds is 9. The monoisotopic (exact) mass is 665 g/mol. The molecule has 12 heteroatoms. The molecule has 2 heterocycles. The maximum Gasteiger partial charge on any atom is 0.253 e. The van der Waals surface area contributed by atoms with Crippen molar-refractivity contribution < 1.29 is 14.4 Å². The lowest BCUT2D eigenvalue weighted by molar-refractivity contribution is -0.130. The molecular formula is C37H47N9O3. The predicted octanol–water partition coefficient (Wildman–Crippen LogP) is 3.48. The molecule has 49 heavy (non-hydrogen) atoms. The van der Waals surface area contributed by atoms with E-state index < -0.39 is 5.41 Å². The minimum absolute atomic E-state index is 0.0550. The number of likely N-dealkylation sites (tertiary alicyclic amines) is 1. The largest absolute Gasteiger partial charge is 0.345 e. The Morgan fingerprint density at radius 2 is 1.55 bits per heavy atom. The molecule has 0 bridgehead atoms. The topological polar surface area (TPSA) is 151 Å². The number of aromatic amines is 1. The summed E-state index contributed by atoms with van der Waals surface area (Å²) in [6.45, 7) is 0.736. The van der Waals surface area contributed by atoms with Gasteiger partial charge >= 0.3 is 0 Å². The summed E-state index contributed by atoms with van der Waals surface area (Å²) in [4.78, 5) is 44.8. The summed E-state index contributed by atoms with van der Waals surface area (Å²) >= 11 is 0. The molecule has 3 amide bonds. The lowest BCUT2D eigenvalue weighted by Crippen LogP contribution is -2.49. The van der Waals surface area contributed by atoms with Gasteiger partial charge in [-0.2, -0.15) is 5.26 Å². The van der Waals surface area contributed by atoms with Crippen LogP contribution in [0.2, 0.25) is 0 Å². The molecule has 6 rings (SSSR count). The molecule has 2 fully saturated rings. The van der Waals surface area contributed by atoms with Crippen LogP contribution >= 0.6 is 0 Å². The standard InChI is InChI=1S/C37H47N9O3/c1-44(2)34(48)27-14-16-30-25(19-27)12-13-26-20-28(35(49)45(3)4)15-17-31(26)37(30,36-40-42-43-41-36)21-32(24-9-6-5-7-10-24)39-23-33(47)46-18-8-11-29(46)22-38/h14-17,19-20,24,29,32,39H,5-13,18,21,23H2,1-4H3,(H,40,41,42,43)/t29?,32-/m1/s1. The number of H-pyrrole nitrogens is 1. The second kappa shape index (κ2) is 14.5. The quantitative estimate of drug-likeness (QED) is 0.353. The first-order valence-electron chi connectivity index (χ1n) is 17.5. The van der Waals surface area contributed by atoms with Gasteiger partial charge in [-0.05, 0) is 108 Å². The number of carbonyl (C=O) groups is 3. The molecule has 0 radical (unpaired) electrons. The van der Waals surface area contributed by atoms with E-state index in [1.807, 2.05) is 36.4 Å². The number of aryl methyl sites for hydroxylation is 2. The summed E-state index contributed by atoms with van der Waals surface area (Å²) in [5.74, 6) is 0.675. The van der Waals surface area contributed by atoms with Crippen molar-refractivity contribution in [1.82, 2.24) is 40.6 Å². The van der Waals surface area contributed by atoms with Gasteiger partial charge in [-0.25, -0.2) is 5.10 Å². The van der Waals surface area contributed by atoms with Crippen LogP contribution < -0.4 is 5.32 Å². The molecule has 0 spiro atoms. The number of hydrogen-bond donors (Lipinski definition) is 2. The first-order chi connectivity index (χ1) is 23.6. The van der Waals surface area contributed by atoms with E-state index in [2.05, 4.69) is 32.0 Å². The number of hydrogen-bond acceptors (Lipinski definition) is 8. The highest BCUT2D eigenvalue weighted by atomic mass is 16.2. The van der Waals surface area contributed by atoms with Gasteiger partial charge in [0.15, 0.2) is 5.82 Å². The van der Waals surface area contributed by atoms with Gasteiger partial charge in [-0.3, -0.25) is 14.4 Å². The minimum atomic E-state index is -0.884. The Morgan fingerprint density at radius 1 is 0.939 bits per heavy atom. The van der Waals surface area contributed by atoms with Crippen LogP contribution in [-0.4, -0.2) is 106 Å². The number of tetrazole rings is 1. The van der Waals surface area contributed by atoms with Crippen molar-refractivity contribution in [1.29, 1.82) is 5.26 Å². The fourth-order valence-electron chi connectivity index (χ4n) is 8.33. The van der Waals surface area contributed by atoms with Gasteiger partial charge < -0.3 is 20.0 Å². The Bertz CT molecular complexity index is 1650. The molecule has 258 valence electrons. The van der Waals surface area contributed by atoms with E-state index in [1.54, 1.807) is 42.9 Å². The molecule has 12 nitrogen and oxygen atoms in total. The van der Waals surface area contributed by atoms with Gasteiger partial charge in [-0.15, -0.1) is 5.10 Å². The number of benzene rings is 2. The Labute approximate surface area is 288 Å². The maximum atomic E-state index is 13.6. The summed E-state index contributed by atoms with van der Waals surface area (Å²) < 4.78 is 0. The summed E-state index contributed by atoms with van der Waals surface area (Å²) in [5.41, 5.74) is 4.38. The van der Waals surface area contributed by atoms with Crippen LogP contribution in [-0.2, 0) is 23.1 Å². The van der Waals surface area contributed by atoms with Crippen molar-refractivity contribution in [2.24, 2.45) is 5.92 Å². The second-order valence-electron chi connectivity index (χ2n) is 14.3. The molecule has 1 aliphatic heterocycles. The van der Waals surface area contributed by atoms with Crippen LogP contribution in [0.4, 0.5) is 0 Å². The molecule has 2 N–H and O–H groups in total. The average molecular weight is 666 g/mol. The van der Waals surface area contributed by atoms with E-state index in [4.69, 9.17) is 0 Å². The normalized spacial score (nSPS) is 19.2. The number of aromatic nitrogens is 4. The molecule has 2 atom stereocenters. The SMILES string of the molecule is CN(C)C(=O)c1ccc2c(c1)CCc1cc(C(=O)N(C)C)ccc1C2(C[C@@H](NCC(=O)N1CCCC1C#N)C1CCCCC1)c1nnn[nH]1. The van der Waals surface area contributed by atoms with Crippen molar-refractivity contribution in [3.05, 3.63) is 75.6 Å². The van der Waals surface area contributed by atoms with Crippen molar-refractivity contribution in [2.75, 3.05) is 41.3 Å². The van der Waals surface area contributed by atoms with Crippen LogP contribution in [0.5, 0.6) is 0 Å². The van der Waals surface area contributed by atoms with Crippen LogP contribution in [0, 0.1) is 17.2 Å². The minimum Gasteiger partial charge on any atom is -0.345 e. The van der Waals surface area contributed by atoms with Crippen molar-refractivity contribution >= 4 is 17.7 Å². The van der Waals surface area contributed by atoms with Gasteiger partial charge in [0.1, 0.15) is 6.04 Å². The summed E-state index contributed by atoms with van der Waals surface area (Å²) in [5, 5.41) is 29.2. The molecule has 1 saturated carbocycles.